The molecule has 0 amide bonds. The van der Waals surface area contributed by atoms with Crippen LogP contribution in [0.5, 0.6) is 0 Å². The quantitative estimate of drug-likeness (QED) is 0.726. The molecule has 0 aromatic carbocycles. The van der Waals surface area contributed by atoms with Gasteiger partial charge in [0, 0.05) is 5.92 Å². The van der Waals surface area contributed by atoms with Crippen molar-refractivity contribution in [2.75, 3.05) is 0 Å². The summed E-state index contributed by atoms with van der Waals surface area (Å²) in [7, 11) is 0. The molecule has 0 saturated heterocycles. The van der Waals surface area contributed by atoms with E-state index in [1.807, 2.05) is 0 Å². The van der Waals surface area contributed by atoms with Gasteiger partial charge < -0.3 is 4.52 Å². The zero-order chi connectivity index (χ0) is 9.97. The van der Waals surface area contributed by atoms with Crippen LogP contribution in [0.3, 0.4) is 0 Å². The zero-order valence-electron chi connectivity index (χ0n) is 8.37. The smallest absolute Gasteiger partial charge is 0.241 e. The fourth-order valence-electron chi connectivity index (χ4n) is 2.17. The Balaban J connectivity index is 2.02. The number of halogens is 1. The molecule has 0 bridgehead atoms. The van der Waals surface area contributed by atoms with Crippen molar-refractivity contribution in [3.8, 4) is 0 Å². The third-order valence-corrected chi connectivity index (χ3v) is 3.31. The van der Waals surface area contributed by atoms with Gasteiger partial charge in [-0.2, -0.15) is 4.98 Å². The highest BCUT2D eigenvalue weighted by Gasteiger charge is 2.28. The second-order valence-electron chi connectivity index (χ2n) is 3.96. The molecule has 2 atom stereocenters. The molecule has 4 heteroatoms. The van der Waals surface area contributed by atoms with Gasteiger partial charge in [-0.25, -0.2) is 0 Å². The first kappa shape index (κ1) is 9.97. The summed E-state index contributed by atoms with van der Waals surface area (Å²) in [5.41, 5.74) is 0. The molecule has 2 rings (SSSR count). The topological polar surface area (TPSA) is 38.9 Å². The SMILES string of the molecule is CCC1CCC(c2noc(CCl)n2)C1. The maximum atomic E-state index is 5.61. The van der Waals surface area contributed by atoms with Gasteiger partial charge in [-0.3, -0.25) is 0 Å². The predicted molar refractivity (Wildman–Crippen MR) is 54.2 cm³/mol. The summed E-state index contributed by atoms with van der Waals surface area (Å²) in [5.74, 6) is 3.06. The van der Waals surface area contributed by atoms with Gasteiger partial charge in [-0.1, -0.05) is 18.5 Å². The molecule has 1 heterocycles. The van der Waals surface area contributed by atoms with E-state index in [-0.39, 0.29) is 0 Å². The molecule has 78 valence electrons. The third kappa shape index (κ3) is 1.92. The van der Waals surface area contributed by atoms with Crippen LogP contribution in [0.4, 0.5) is 0 Å². The summed E-state index contributed by atoms with van der Waals surface area (Å²) in [4.78, 5) is 4.27. The van der Waals surface area contributed by atoms with E-state index in [9.17, 15) is 0 Å². The van der Waals surface area contributed by atoms with Gasteiger partial charge in [0.1, 0.15) is 5.88 Å². The molecule has 1 saturated carbocycles. The third-order valence-electron chi connectivity index (χ3n) is 3.08. The highest BCUT2D eigenvalue weighted by atomic mass is 35.5. The molecule has 0 radical (unpaired) electrons. The molecule has 0 aliphatic heterocycles. The normalized spacial score (nSPS) is 27.0. The van der Waals surface area contributed by atoms with Gasteiger partial charge in [0.05, 0.1) is 0 Å². The lowest BCUT2D eigenvalue weighted by molar-refractivity contribution is 0.379. The van der Waals surface area contributed by atoms with Gasteiger partial charge in [0.15, 0.2) is 5.82 Å². The van der Waals surface area contributed by atoms with Crippen LogP contribution in [-0.2, 0) is 5.88 Å². The van der Waals surface area contributed by atoms with Gasteiger partial charge in [-0.15, -0.1) is 11.6 Å². The second kappa shape index (κ2) is 4.30. The number of aromatic nitrogens is 2. The lowest BCUT2D eigenvalue weighted by atomic mass is 10.0. The molecule has 0 spiro atoms. The Morgan fingerprint density at radius 1 is 1.50 bits per heavy atom. The van der Waals surface area contributed by atoms with Crippen LogP contribution >= 0.6 is 11.6 Å². The fourth-order valence-corrected chi connectivity index (χ4v) is 2.28. The van der Waals surface area contributed by atoms with Gasteiger partial charge >= 0.3 is 0 Å². The van der Waals surface area contributed by atoms with Gasteiger partial charge in [0.25, 0.3) is 0 Å². The van der Waals surface area contributed by atoms with E-state index in [2.05, 4.69) is 17.1 Å². The minimum Gasteiger partial charge on any atom is -0.338 e. The number of hydrogen-bond acceptors (Lipinski definition) is 3. The summed E-state index contributed by atoms with van der Waals surface area (Å²) < 4.78 is 5.00. The minimum absolute atomic E-state index is 0.316. The molecule has 1 aromatic heterocycles. The summed E-state index contributed by atoms with van der Waals surface area (Å²) in [6.07, 6.45) is 4.96. The van der Waals surface area contributed by atoms with Crippen molar-refractivity contribution in [1.82, 2.24) is 10.1 Å². The molecule has 1 fully saturated rings. The Bertz CT molecular complexity index is 300. The molecule has 3 nitrogen and oxygen atoms in total. The van der Waals surface area contributed by atoms with Gasteiger partial charge in [0.2, 0.25) is 5.89 Å². The van der Waals surface area contributed by atoms with E-state index in [1.165, 1.54) is 25.7 Å². The van der Waals surface area contributed by atoms with Crippen LogP contribution in [0.25, 0.3) is 0 Å². The molecule has 2 unspecified atom stereocenters. The van der Waals surface area contributed by atoms with Crippen molar-refractivity contribution in [3.05, 3.63) is 11.7 Å². The Labute approximate surface area is 88.8 Å². The van der Waals surface area contributed by atoms with Crippen molar-refractivity contribution < 1.29 is 4.52 Å². The molecule has 0 N–H and O–H groups in total. The molecule has 1 aliphatic carbocycles. The average Bonchev–Trinajstić information content (AvgIpc) is 2.86. The van der Waals surface area contributed by atoms with Crippen molar-refractivity contribution in [3.63, 3.8) is 0 Å². The molecule has 1 aliphatic rings. The standard InChI is InChI=1S/C10H15ClN2O/c1-2-7-3-4-8(5-7)10-12-9(6-11)14-13-10/h7-8H,2-6H2,1H3. The highest BCUT2D eigenvalue weighted by molar-refractivity contribution is 6.16. The summed E-state index contributed by atoms with van der Waals surface area (Å²) >= 11 is 5.61. The Hall–Kier alpha value is -0.570. The van der Waals surface area contributed by atoms with Crippen molar-refractivity contribution in [2.24, 2.45) is 5.92 Å². The van der Waals surface area contributed by atoms with Crippen LogP contribution in [0.1, 0.15) is 50.2 Å². The van der Waals surface area contributed by atoms with Crippen LogP contribution in [0, 0.1) is 5.92 Å². The first-order chi connectivity index (χ1) is 6.83. The van der Waals surface area contributed by atoms with Crippen molar-refractivity contribution >= 4 is 11.6 Å². The maximum Gasteiger partial charge on any atom is 0.241 e. The van der Waals surface area contributed by atoms with Crippen LogP contribution in [0.15, 0.2) is 4.52 Å². The van der Waals surface area contributed by atoms with E-state index in [0.29, 0.717) is 17.7 Å². The molecule has 1 aromatic rings. The minimum atomic E-state index is 0.316. The predicted octanol–water partition coefficient (Wildman–Crippen LogP) is 3.10. The van der Waals surface area contributed by atoms with E-state index < -0.39 is 0 Å². The monoisotopic (exact) mass is 214 g/mol. The van der Waals surface area contributed by atoms with Crippen LogP contribution in [0.2, 0.25) is 0 Å². The largest absolute Gasteiger partial charge is 0.338 e. The summed E-state index contributed by atoms with van der Waals surface area (Å²) in [5, 5.41) is 3.97. The zero-order valence-corrected chi connectivity index (χ0v) is 9.13. The van der Waals surface area contributed by atoms with Crippen molar-refractivity contribution in [2.45, 2.75) is 44.4 Å². The first-order valence-corrected chi connectivity index (χ1v) is 5.75. The average molecular weight is 215 g/mol. The molecule has 14 heavy (non-hydrogen) atoms. The molecular formula is C10H15ClN2O. The van der Waals surface area contributed by atoms with Crippen LogP contribution < -0.4 is 0 Å². The van der Waals surface area contributed by atoms with Crippen molar-refractivity contribution in [1.29, 1.82) is 0 Å². The number of alkyl halides is 1. The number of nitrogens with zero attached hydrogens (tertiary/aromatic N) is 2. The van der Waals surface area contributed by atoms with Gasteiger partial charge in [-0.05, 0) is 25.2 Å². The first-order valence-electron chi connectivity index (χ1n) is 5.22. The summed E-state index contributed by atoms with van der Waals surface area (Å²) in [6, 6.07) is 0. The highest BCUT2D eigenvalue weighted by Crippen LogP contribution is 2.38. The lowest BCUT2D eigenvalue weighted by Crippen LogP contribution is -1.97. The van der Waals surface area contributed by atoms with Crippen LogP contribution in [-0.4, -0.2) is 10.1 Å². The maximum absolute atomic E-state index is 5.61. The Morgan fingerprint density at radius 3 is 2.93 bits per heavy atom. The Kier molecular flexibility index (Phi) is 3.06. The second-order valence-corrected chi connectivity index (χ2v) is 4.23. The summed E-state index contributed by atoms with van der Waals surface area (Å²) in [6.45, 7) is 2.24. The fraction of sp³-hybridized carbons (Fsp3) is 0.800. The molecular weight excluding hydrogens is 200 g/mol. The van der Waals surface area contributed by atoms with E-state index in [1.54, 1.807) is 0 Å². The number of rotatable bonds is 3. The number of hydrogen-bond donors (Lipinski definition) is 0. The van der Waals surface area contributed by atoms with E-state index in [0.717, 1.165) is 11.7 Å². The van der Waals surface area contributed by atoms with E-state index >= 15 is 0 Å². The van der Waals surface area contributed by atoms with E-state index in [4.69, 9.17) is 16.1 Å². The Morgan fingerprint density at radius 2 is 2.36 bits per heavy atom. The lowest BCUT2D eigenvalue weighted by Gasteiger charge is -2.04.